The van der Waals surface area contributed by atoms with Crippen LogP contribution in [-0.4, -0.2) is 13.6 Å². The van der Waals surface area contributed by atoms with Crippen molar-refractivity contribution in [2.24, 2.45) is 0 Å². The molecule has 0 radical (unpaired) electrons. The molecule has 0 amide bonds. The van der Waals surface area contributed by atoms with Crippen molar-refractivity contribution in [3.8, 4) is 0 Å². The zero-order valence-electron chi connectivity index (χ0n) is 6.62. The topological polar surface area (TPSA) is 34.1 Å². The van der Waals surface area contributed by atoms with Crippen molar-refractivity contribution in [1.29, 1.82) is 0 Å². The molecule has 0 saturated heterocycles. The first-order chi connectivity index (χ1) is 5.39. The Labute approximate surface area is 66.9 Å². The summed E-state index contributed by atoms with van der Waals surface area (Å²) in [7, 11) is 0. The van der Waals surface area contributed by atoms with Gasteiger partial charge in [0.1, 0.15) is 13.6 Å². The lowest BCUT2D eigenvalue weighted by molar-refractivity contribution is -0.0987. The SMILES string of the molecule is C=O.C=O.Cc1ccccc1. The molecule has 1 rings (SSSR count). The summed E-state index contributed by atoms with van der Waals surface area (Å²) < 4.78 is 0. The molecule has 0 heterocycles. The fourth-order valence-electron chi connectivity index (χ4n) is 0.534. The van der Waals surface area contributed by atoms with E-state index in [1.165, 1.54) is 5.56 Å². The van der Waals surface area contributed by atoms with Gasteiger partial charge >= 0.3 is 0 Å². The van der Waals surface area contributed by atoms with Gasteiger partial charge in [-0.15, -0.1) is 0 Å². The van der Waals surface area contributed by atoms with Gasteiger partial charge in [-0.1, -0.05) is 35.9 Å². The van der Waals surface area contributed by atoms with Crippen molar-refractivity contribution < 1.29 is 9.59 Å². The van der Waals surface area contributed by atoms with E-state index in [1.807, 2.05) is 31.8 Å². The van der Waals surface area contributed by atoms with Crippen LogP contribution in [0.1, 0.15) is 5.56 Å². The standard InChI is InChI=1S/C7H8.2CH2O/c1-7-5-3-2-4-6-7;2*1-2/h2-6H,1H3;2*1H2. The minimum atomic E-state index is 1.32. The van der Waals surface area contributed by atoms with E-state index in [9.17, 15) is 0 Å². The third-order valence-corrected chi connectivity index (χ3v) is 0.940. The highest BCUT2D eigenvalue weighted by atomic mass is 16.1. The average molecular weight is 152 g/mol. The highest BCUT2D eigenvalue weighted by Crippen LogP contribution is 1.92. The van der Waals surface area contributed by atoms with Gasteiger partial charge in [0, 0.05) is 0 Å². The molecule has 2 nitrogen and oxygen atoms in total. The molecule has 0 aliphatic carbocycles. The highest BCUT2D eigenvalue weighted by molar-refractivity contribution is 5.11. The van der Waals surface area contributed by atoms with Crippen LogP contribution >= 0.6 is 0 Å². The summed E-state index contributed by atoms with van der Waals surface area (Å²) in [6.45, 7) is 6.08. The summed E-state index contributed by atoms with van der Waals surface area (Å²) in [5.41, 5.74) is 1.32. The molecule has 0 unspecified atom stereocenters. The Morgan fingerprint density at radius 2 is 1.27 bits per heavy atom. The summed E-state index contributed by atoms with van der Waals surface area (Å²) in [4.78, 5) is 16.0. The Hall–Kier alpha value is -1.44. The molecule has 1 aromatic rings. The number of carbonyl (C=O) groups excluding carboxylic acids is 2. The van der Waals surface area contributed by atoms with E-state index in [2.05, 4.69) is 19.1 Å². The van der Waals surface area contributed by atoms with E-state index < -0.39 is 0 Å². The molecule has 0 aliphatic rings. The second kappa shape index (κ2) is 11.4. The summed E-state index contributed by atoms with van der Waals surface area (Å²) in [6, 6.07) is 10.3. The van der Waals surface area contributed by atoms with Gasteiger partial charge in [-0.05, 0) is 6.92 Å². The zero-order valence-corrected chi connectivity index (χ0v) is 6.62. The molecule has 2 heteroatoms. The average Bonchev–Trinajstić information content (AvgIpc) is 2.13. The van der Waals surface area contributed by atoms with Gasteiger partial charge < -0.3 is 9.59 Å². The van der Waals surface area contributed by atoms with Crippen LogP contribution in [-0.2, 0) is 9.59 Å². The molecule has 11 heavy (non-hydrogen) atoms. The fourth-order valence-corrected chi connectivity index (χ4v) is 0.534. The molecule has 0 N–H and O–H groups in total. The summed E-state index contributed by atoms with van der Waals surface area (Å²) >= 11 is 0. The molecular weight excluding hydrogens is 140 g/mol. The van der Waals surface area contributed by atoms with Gasteiger partial charge in [0.15, 0.2) is 0 Å². The van der Waals surface area contributed by atoms with Gasteiger partial charge in [-0.2, -0.15) is 0 Å². The lowest BCUT2D eigenvalue weighted by Crippen LogP contribution is -1.62. The quantitative estimate of drug-likeness (QED) is 0.566. The van der Waals surface area contributed by atoms with Crippen LogP contribution in [0.4, 0.5) is 0 Å². The third kappa shape index (κ3) is 8.56. The number of hydrogen-bond donors (Lipinski definition) is 0. The number of benzene rings is 1. The number of aryl methyl sites for hydroxylation is 1. The molecule has 0 saturated carbocycles. The van der Waals surface area contributed by atoms with Crippen LogP contribution in [0.15, 0.2) is 30.3 Å². The number of rotatable bonds is 0. The van der Waals surface area contributed by atoms with Crippen LogP contribution in [0.25, 0.3) is 0 Å². The van der Waals surface area contributed by atoms with Crippen molar-refractivity contribution >= 4 is 13.6 Å². The maximum absolute atomic E-state index is 8.00. The van der Waals surface area contributed by atoms with E-state index >= 15 is 0 Å². The second-order valence-electron chi connectivity index (χ2n) is 1.65. The van der Waals surface area contributed by atoms with Gasteiger partial charge in [-0.25, -0.2) is 0 Å². The van der Waals surface area contributed by atoms with Crippen LogP contribution in [0.5, 0.6) is 0 Å². The van der Waals surface area contributed by atoms with Gasteiger partial charge in [-0.3, -0.25) is 0 Å². The Morgan fingerprint density at radius 3 is 1.45 bits per heavy atom. The van der Waals surface area contributed by atoms with E-state index in [0.29, 0.717) is 0 Å². The molecule has 0 aromatic heterocycles. The first-order valence-electron chi connectivity index (χ1n) is 2.99. The van der Waals surface area contributed by atoms with Crippen molar-refractivity contribution in [3.63, 3.8) is 0 Å². The highest BCUT2D eigenvalue weighted by Gasteiger charge is 1.72. The Kier molecular flexibility index (Phi) is 12.7. The maximum atomic E-state index is 8.00. The van der Waals surface area contributed by atoms with Gasteiger partial charge in [0.25, 0.3) is 0 Å². The second-order valence-corrected chi connectivity index (χ2v) is 1.65. The van der Waals surface area contributed by atoms with E-state index in [-0.39, 0.29) is 0 Å². The normalized spacial score (nSPS) is 6.27. The van der Waals surface area contributed by atoms with Gasteiger partial charge in [0.05, 0.1) is 0 Å². The summed E-state index contributed by atoms with van der Waals surface area (Å²) in [5, 5.41) is 0. The Bertz CT molecular complexity index is 158. The summed E-state index contributed by atoms with van der Waals surface area (Å²) in [6.07, 6.45) is 0. The minimum Gasteiger partial charge on any atom is -0.307 e. The van der Waals surface area contributed by atoms with E-state index in [4.69, 9.17) is 9.59 Å². The lowest BCUT2D eigenvalue weighted by Gasteiger charge is -1.82. The Morgan fingerprint density at radius 1 is 0.909 bits per heavy atom. The van der Waals surface area contributed by atoms with Crippen LogP contribution < -0.4 is 0 Å². The first kappa shape index (κ1) is 12.3. The predicted octanol–water partition coefficient (Wildman–Crippen LogP) is 1.63. The number of hydrogen-bond acceptors (Lipinski definition) is 2. The largest absolute Gasteiger partial charge is 0.307 e. The van der Waals surface area contributed by atoms with Crippen molar-refractivity contribution in [1.82, 2.24) is 0 Å². The first-order valence-corrected chi connectivity index (χ1v) is 2.99. The van der Waals surface area contributed by atoms with Crippen molar-refractivity contribution in [2.75, 3.05) is 0 Å². The summed E-state index contributed by atoms with van der Waals surface area (Å²) in [5.74, 6) is 0. The smallest absolute Gasteiger partial charge is 0.106 e. The molecule has 0 spiro atoms. The van der Waals surface area contributed by atoms with Gasteiger partial charge in [0.2, 0.25) is 0 Å². The predicted molar refractivity (Wildman–Crippen MR) is 45.4 cm³/mol. The van der Waals surface area contributed by atoms with E-state index in [0.717, 1.165) is 0 Å². The molecular formula is C9H12O2. The van der Waals surface area contributed by atoms with Crippen LogP contribution in [0.2, 0.25) is 0 Å². The maximum Gasteiger partial charge on any atom is 0.106 e. The molecule has 0 aliphatic heterocycles. The van der Waals surface area contributed by atoms with Crippen molar-refractivity contribution in [3.05, 3.63) is 35.9 Å². The molecule has 0 atom stereocenters. The molecule has 0 fully saturated rings. The fraction of sp³-hybridized carbons (Fsp3) is 0.111. The minimum absolute atomic E-state index is 1.32. The third-order valence-electron chi connectivity index (χ3n) is 0.940. The zero-order chi connectivity index (χ0) is 9.11. The Balaban J connectivity index is 0. The van der Waals surface area contributed by atoms with Crippen molar-refractivity contribution in [2.45, 2.75) is 6.92 Å². The molecule has 1 aromatic carbocycles. The van der Waals surface area contributed by atoms with Crippen LogP contribution in [0.3, 0.4) is 0 Å². The molecule has 60 valence electrons. The number of carbonyl (C=O) groups is 2. The van der Waals surface area contributed by atoms with E-state index in [1.54, 1.807) is 0 Å². The molecule has 0 bridgehead atoms. The van der Waals surface area contributed by atoms with Crippen LogP contribution in [0, 0.1) is 6.92 Å². The monoisotopic (exact) mass is 152 g/mol. The lowest BCUT2D eigenvalue weighted by atomic mass is 10.2.